The normalized spacial score (nSPS) is 12.5. The number of thiazole rings is 1. The Hall–Kier alpha value is -1.71. The minimum Gasteiger partial charge on any atom is -0.375 e. The third-order valence-electron chi connectivity index (χ3n) is 4.80. The van der Waals surface area contributed by atoms with Gasteiger partial charge in [0.15, 0.2) is 5.96 Å². The SMILES string of the molecule is CN=C(NCCc1cccc2ccccc12)N(C)Cc1csc(C(C)OC)n1.I. The summed E-state index contributed by atoms with van der Waals surface area (Å²) < 4.78 is 5.35. The molecule has 1 aromatic heterocycles. The summed E-state index contributed by atoms with van der Waals surface area (Å²) in [6.07, 6.45) is 0.975. The van der Waals surface area contributed by atoms with Crippen LogP contribution in [0.4, 0.5) is 0 Å². The van der Waals surface area contributed by atoms with Gasteiger partial charge in [0.1, 0.15) is 11.1 Å². The van der Waals surface area contributed by atoms with Crippen molar-refractivity contribution in [1.82, 2.24) is 15.2 Å². The van der Waals surface area contributed by atoms with Crippen LogP contribution in [-0.4, -0.2) is 43.6 Å². The van der Waals surface area contributed by atoms with E-state index in [4.69, 9.17) is 4.74 Å². The van der Waals surface area contributed by atoms with Gasteiger partial charge < -0.3 is 15.0 Å². The average molecular weight is 524 g/mol. The number of aliphatic imine (C=N–C) groups is 1. The number of aromatic nitrogens is 1. The maximum Gasteiger partial charge on any atom is 0.193 e. The largest absolute Gasteiger partial charge is 0.375 e. The maximum absolute atomic E-state index is 5.35. The smallest absolute Gasteiger partial charge is 0.193 e. The molecule has 1 atom stereocenters. The van der Waals surface area contributed by atoms with Crippen molar-refractivity contribution in [3.63, 3.8) is 0 Å². The second-order valence-corrected chi connectivity index (χ2v) is 7.66. The number of benzene rings is 2. The van der Waals surface area contributed by atoms with E-state index in [2.05, 4.69) is 68.0 Å². The first-order chi connectivity index (χ1) is 13.6. The van der Waals surface area contributed by atoms with Crippen LogP contribution in [0.15, 0.2) is 52.8 Å². The van der Waals surface area contributed by atoms with E-state index in [1.54, 1.807) is 18.4 Å². The summed E-state index contributed by atoms with van der Waals surface area (Å²) in [4.78, 5) is 11.2. The van der Waals surface area contributed by atoms with Crippen molar-refractivity contribution >= 4 is 52.0 Å². The summed E-state index contributed by atoms with van der Waals surface area (Å²) in [6.45, 7) is 3.55. The molecule has 0 saturated carbocycles. The van der Waals surface area contributed by atoms with Crippen LogP contribution < -0.4 is 5.32 Å². The molecule has 1 unspecified atom stereocenters. The zero-order valence-corrected chi connectivity index (χ0v) is 20.5. The van der Waals surface area contributed by atoms with Gasteiger partial charge in [-0.15, -0.1) is 35.3 Å². The molecule has 1 heterocycles. The van der Waals surface area contributed by atoms with Gasteiger partial charge >= 0.3 is 0 Å². The molecule has 5 nitrogen and oxygen atoms in total. The summed E-state index contributed by atoms with van der Waals surface area (Å²) in [5, 5.41) is 9.16. The van der Waals surface area contributed by atoms with E-state index in [0.29, 0.717) is 6.54 Å². The first-order valence-corrected chi connectivity index (χ1v) is 10.4. The number of fused-ring (bicyclic) bond motifs is 1. The predicted molar refractivity (Wildman–Crippen MR) is 133 cm³/mol. The third-order valence-corrected chi connectivity index (χ3v) is 5.86. The molecule has 0 spiro atoms. The van der Waals surface area contributed by atoms with Gasteiger partial charge in [-0.25, -0.2) is 4.98 Å². The Kier molecular flexibility index (Phi) is 9.32. The lowest BCUT2D eigenvalue weighted by Gasteiger charge is -2.21. The lowest BCUT2D eigenvalue weighted by Crippen LogP contribution is -2.39. The van der Waals surface area contributed by atoms with E-state index in [9.17, 15) is 0 Å². The molecule has 7 heteroatoms. The van der Waals surface area contributed by atoms with Crippen LogP contribution >= 0.6 is 35.3 Å². The van der Waals surface area contributed by atoms with Gasteiger partial charge in [-0.1, -0.05) is 42.5 Å². The first-order valence-electron chi connectivity index (χ1n) is 9.48. The van der Waals surface area contributed by atoms with Gasteiger partial charge in [-0.2, -0.15) is 0 Å². The van der Waals surface area contributed by atoms with E-state index in [-0.39, 0.29) is 30.1 Å². The van der Waals surface area contributed by atoms with Crippen molar-refractivity contribution < 1.29 is 4.74 Å². The molecule has 3 aromatic rings. The molecule has 0 aliphatic heterocycles. The zero-order chi connectivity index (χ0) is 19.9. The Balaban J connectivity index is 0.00000300. The fourth-order valence-electron chi connectivity index (χ4n) is 3.20. The molecule has 0 saturated heterocycles. The lowest BCUT2D eigenvalue weighted by atomic mass is 10.0. The molecular formula is C22H29IN4OS. The van der Waals surface area contributed by atoms with Gasteiger partial charge in [-0.05, 0) is 29.7 Å². The number of halogens is 1. The average Bonchev–Trinajstić information content (AvgIpc) is 3.19. The van der Waals surface area contributed by atoms with Gasteiger partial charge in [0.05, 0.1) is 12.2 Å². The number of ether oxygens (including phenoxy) is 1. The first kappa shape index (κ1) is 23.6. The molecule has 0 radical (unpaired) electrons. The predicted octanol–water partition coefficient (Wildman–Crippen LogP) is 4.87. The minimum absolute atomic E-state index is 0. The maximum atomic E-state index is 5.35. The monoisotopic (exact) mass is 524 g/mol. The van der Waals surface area contributed by atoms with Gasteiger partial charge in [0.2, 0.25) is 0 Å². The molecule has 2 aromatic carbocycles. The fraction of sp³-hybridized carbons (Fsp3) is 0.364. The van der Waals surface area contributed by atoms with Gasteiger partial charge in [0, 0.05) is 33.1 Å². The van der Waals surface area contributed by atoms with Crippen LogP contribution in [0.5, 0.6) is 0 Å². The van der Waals surface area contributed by atoms with E-state index < -0.39 is 0 Å². The van der Waals surface area contributed by atoms with Crippen molar-refractivity contribution in [2.24, 2.45) is 4.99 Å². The topological polar surface area (TPSA) is 49.8 Å². The third kappa shape index (κ3) is 6.13. The number of nitrogens with zero attached hydrogens (tertiary/aromatic N) is 3. The van der Waals surface area contributed by atoms with Crippen LogP contribution in [0.25, 0.3) is 10.8 Å². The van der Waals surface area contributed by atoms with Crippen LogP contribution in [0.3, 0.4) is 0 Å². The summed E-state index contributed by atoms with van der Waals surface area (Å²) in [6, 6.07) is 15.0. The molecule has 3 rings (SSSR count). The van der Waals surface area contributed by atoms with E-state index in [1.165, 1.54) is 16.3 Å². The van der Waals surface area contributed by atoms with Crippen molar-refractivity contribution in [1.29, 1.82) is 0 Å². The molecule has 1 N–H and O–H groups in total. The molecule has 0 aliphatic rings. The molecule has 0 bridgehead atoms. The van der Waals surface area contributed by atoms with Crippen LogP contribution in [-0.2, 0) is 17.7 Å². The van der Waals surface area contributed by atoms with Crippen molar-refractivity contribution in [3.05, 3.63) is 64.1 Å². The van der Waals surface area contributed by atoms with Crippen LogP contribution in [0.1, 0.15) is 29.3 Å². The van der Waals surface area contributed by atoms with E-state index in [1.807, 2.05) is 21.0 Å². The number of methoxy groups -OCH3 is 1. The van der Waals surface area contributed by atoms with Crippen molar-refractivity contribution in [2.45, 2.75) is 26.0 Å². The highest BCUT2D eigenvalue weighted by atomic mass is 127. The standard InChI is InChI=1S/C22H28N4OS.HI/c1-16(27-4)21-25-19(15-28-21)14-26(3)22(23-2)24-13-12-18-10-7-9-17-8-5-6-11-20(17)18;/h5-11,15-16H,12-14H2,1-4H3,(H,23,24);1H. The lowest BCUT2D eigenvalue weighted by molar-refractivity contribution is 0.119. The minimum atomic E-state index is 0. The van der Waals surface area contributed by atoms with Crippen molar-refractivity contribution in [3.8, 4) is 0 Å². The summed E-state index contributed by atoms with van der Waals surface area (Å²) in [5.74, 6) is 0.870. The fourth-order valence-corrected chi connectivity index (χ4v) is 4.05. The molecule has 0 amide bonds. The summed E-state index contributed by atoms with van der Waals surface area (Å²) in [5.41, 5.74) is 2.38. The van der Waals surface area contributed by atoms with Crippen molar-refractivity contribution in [2.75, 3.05) is 27.7 Å². The second kappa shape index (κ2) is 11.5. The number of rotatable bonds is 7. The Morgan fingerprint density at radius 3 is 2.76 bits per heavy atom. The summed E-state index contributed by atoms with van der Waals surface area (Å²) in [7, 11) is 5.56. The molecular weight excluding hydrogens is 495 g/mol. The molecule has 156 valence electrons. The molecule has 0 fully saturated rings. The highest BCUT2D eigenvalue weighted by molar-refractivity contribution is 14.0. The van der Waals surface area contributed by atoms with E-state index >= 15 is 0 Å². The van der Waals surface area contributed by atoms with Crippen LogP contribution in [0, 0.1) is 0 Å². The zero-order valence-electron chi connectivity index (χ0n) is 17.4. The number of nitrogens with one attached hydrogen (secondary N) is 1. The van der Waals surface area contributed by atoms with Gasteiger partial charge in [-0.3, -0.25) is 4.99 Å². The Morgan fingerprint density at radius 2 is 2.00 bits per heavy atom. The number of hydrogen-bond donors (Lipinski definition) is 1. The second-order valence-electron chi connectivity index (χ2n) is 6.77. The van der Waals surface area contributed by atoms with Gasteiger partial charge in [0.25, 0.3) is 0 Å². The molecule has 0 aliphatic carbocycles. The Morgan fingerprint density at radius 1 is 1.24 bits per heavy atom. The number of hydrogen-bond acceptors (Lipinski definition) is 4. The Labute approximate surface area is 194 Å². The van der Waals surface area contributed by atoms with E-state index in [0.717, 1.165) is 29.6 Å². The van der Waals surface area contributed by atoms with Crippen LogP contribution in [0.2, 0.25) is 0 Å². The Bertz CT molecular complexity index is 938. The molecule has 29 heavy (non-hydrogen) atoms. The summed E-state index contributed by atoms with van der Waals surface area (Å²) >= 11 is 1.64. The quantitative estimate of drug-likeness (QED) is 0.272. The highest BCUT2D eigenvalue weighted by Gasteiger charge is 2.12. The highest BCUT2D eigenvalue weighted by Crippen LogP contribution is 2.21. The number of guanidine groups is 1.